The van der Waals surface area contributed by atoms with Gasteiger partial charge < -0.3 is 14.5 Å². The zero-order valence-corrected chi connectivity index (χ0v) is 22.1. The first-order chi connectivity index (χ1) is 17.6. The monoisotopic (exact) mass is 516 g/mol. The molecule has 190 valence electrons. The van der Waals surface area contributed by atoms with Crippen LogP contribution >= 0.6 is 11.6 Å². The molecule has 0 atom stereocenters. The molecule has 2 saturated heterocycles. The Bertz CT molecular complexity index is 1510. The van der Waals surface area contributed by atoms with Crippen LogP contribution in [0.5, 0.6) is 0 Å². The lowest BCUT2D eigenvalue weighted by Crippen LogP contribution is -2.59. The van der Waals surface area contributed by atoms with Gasteiger partial charge in [0.25, 0.3) is 0 Å². The summed E-state index contributed by atoms with van der Waals surface area (Å²) in [7, 11) is 0. The van der Waals surface area contributed by atoms with Crippen LogP contribution in [0.1, 0.15) is 42.7 Å². The molecule has 1 aromatic carbocycles. The number of nitrogens with zero attached hydrogens (tertiary/aromatic N) is 5. The molecule has 37 heavy (non-hydrogen) atoms. The van der Waals surface area contributed by atoms with Gasteiger partial charge in [0.15, 0.2) is 0 Å². The second-order valence-electron chi connectivity index (χ2n) is 11.2. The minimum Gasteiger partial charge on any atom is -0.370 e. The number of aromatic amines is 1. The molecule has 5 heterocycles. The highest BCUT2D eigenvalue weighted by molar-refractivity contribution is 6.33. The van der Waals surface area contributed by atoms with Crippen molar-refractivity contribution in [3.63, 3.8) is 0 Å². The Labute approximate surface area is 220 Å². The highest BCUT2D eigenvalue weighted by Crippen LogP contribution is 2.47. The van der Waals surface area contributed by atoms with Crippen molar-refractivity contribution in [3.05, 3.63) is 52.3 Å². The molecular weight excluding hydrogens is 488 g/mol. The number of benzene rings is 1. The van der Waals surface area contributed by atoms with Crippen LogP contribution in [0.4, 0.5) is 5.82 Å². The first kappa shape index (κ1) is 24.0. The van der Waals surface area contributed by atoms with Gasteiger partial charge in [-0.25, -0.2) is 4.98 Å². The summed E-state index contributed by atoms with van der Waals surface area (Å²) >= 11 is 6.68. The van der Waals surface area contributed by atoms with E-state index in [9.17, 15) is 10.1 Å². The zero-order chi connectivity index (χ0) is 26.1. The van der Waals surface area contributed by atoms with Crippen molar-refractivity contribution < 1.29 is 9.53 Å². The number of nitriles is 1. The standard InChI is InChI=1S/C28H29ClN6O2/c1-5-22(36)35-14-28(15-35)6-7-34(13-28)26-18(10-30)24(19-12-37-27(3,4)9-21(19)32-26)23-16(2)20(29)8-17-11-31-33-25(17)23/h5,8,11H,1,6-7,9,12-15H2,2-4H3,(H,31,33). The number of fused-ring (bicyclic) bond motifs is 2. The molecule has 3 aliphatic rings. The van der Waals surface area contributed by atoms with E-state index in [0.717, 1.165) is 58.4 Å². The van der Waals surface area contributed by atoms with E-state index in [4.69, 9.17) is 21.3 Å². The molecule has 6 rings (SSSR count). The summed E-state index contributed by atoms with van der Waals surface area (Å²) in [5, 5.41) is 19.5. The maximum absolute atomic E-state index is 12.1. The van der Waals surface area contributed by atoms with Gasteiger partial charge in [-0.05, 0) is 44.9 Å². The number of H-pyrrole nitrogens is 1. The fraction of sp³-hybridized carbons (Fsp3) is 0.429. The molecule has 9 heteroatoms. The summed E-state index contributed by atoms with van der Waals surface area (Å²) in [6.45, 7) is 13.0. The van der Waals surface area contributed by atoms with Crippen LogP contribution in [0.2, 0.25) is 5.02 Å². The fourth-order valence-electron chi connectivity index (χ4n) is 6.18. The van der Waals surface area contributed by atoms with E-state index < -0.39 is 0 Å². The second kappa shape index (κ2) is 8.30. The van der Waals surface area contributed by atoms with E-state index in [-0.39, 0.29) is 16.9 Å². The van der Waals surface area contributed by atoms with E-state index in [0.29, 0.717) is 42.5 Å². The van der Waals surface area contributed by atoms with E-state index in [1.165, 1.54) is 6.08 Å². The number of rotatable bonds is 3. The summed E-state index contributed by atoms with van der Waals surface area (Å²) in [6.07, 6.45) is 4.71. The Balaban J connectivity index is 1.52. The Morgan fingerprint density at radius 3 is 2.84 bits per heavy atom. The fourth-order valence-corrected chi connectivity index (χ4v) is 6.40. The molecule has 2 fully saturated rings. The van der Waals surface area contributed by atoms with Crippen LogP contribution in [-0.2, 0) is 22.6 Å². The molecule has 3 aliphatic heterocycles. The van der Waals surface area contributed by atoms with Gasteiger partial charge in [0.2, 0.25) is 5.91 Å². The van der Waals surface area contributed by atoms with Crippen LogP contribution in [-0.4, -0.2) is 57.8 Å². The van der Waals surface area contributed by atoms with E-state index in [1.54, 1.807) is 6.20 Å². The molecular formula is C28H29ClN6O2. The Hall–Kier alpha value is -3.41. The van der Waals surface area contributed by atoms with Crippen molar-refractivity contribution in [3.8, 4) is 17.2 Å². The normalized spacial score (nSPS) is 19.5. The number of halogens is 1. The predicted octanol–water partition coefficient (Wildman–Crippen LogP) is 4.53. The van der Waals surface area contributed by atoms with Gasteiger partial charge in [-0.3, -0.25) is 9.89 Å². The van der Waals surface area contributed by atoms with Crippen LogP contribution in [0, 0.1) is 23.7 Å². The molecule has 0 radical (unpaired) electrons. The maximum Gasteiger partial charge on any atom is 0.245 e. The number of nitrogens with one attached hydrogen (secondary N) is 1. The number of anilines is 1. The highest BCUT2D eigenvalue weighted by atomic mass is 35.5. The van der Waals surface area contributed by atoms with Crippen molar-refractivity contribution in [2.45, 2.75) is 45.8 Å². The number of hydrogen-bond acceptors (Lipinski definition) is 6. The lowest BCUT2D eigenvalue weighted by molar-refractivity contribution is -0.136. The van der Waals surface area contributed by atoms with Gasteiger partial charge in [0.05, 0.1) is 29.6 Å². The zero-order valence-electron chi connectivity index (χ0n) is 21.3. The molecule has 0 saturated carbocycles. The summed E-state index contributed by atoms with van der Waals surface area (Å²) < 4.78 is 6.22. The van der Waals surface area contributed by atoms with Crippen molar-refractivity contribution in [1.82, 2.24) is 20.1 Å². The average molecular weight is 517 g/mol. The molecule has 2 aromatic heterocycles. The van der Waals surface area contributed by atoms with Crippen LogP contribution in [0.25, 0.3) is 22.0 Å². The molecule has 0 bridgehead atoms. The van der Waals surface area contributed by atoms with Gasteiger partial charge in [-0.2, -0.15) is 10.4 Å². The lowest BCUT2D eigenvalue weighted by Gasteiger charge is -2.47. The Kier molecular flexibility index (Phi) is 5.38. The molecule has 1 spiro atoms. The number of ether oxygens (including phenoxy) is 1. The van der Waals surface area contributed by atoms with Gasteiger partial charge in [0, 0.05) is 65.1 Å². The van der Waals surface area contributed by atoms with Gasteiger partial charge in [0.1, 0.15) is 17.5 Å². The molecule has 1 N–H and O–H groups in total. The van der Waals surface area contributed by atoms with Crippen LogP contribution < -0.4 is 4.90 Å². The van der Waals surface area contributed by atoms with Crippen LogP contribution in [0.15, 0.2) is 24.9 Å². The van der Waals surface area contributed by atoms with Crippen molar-refractivity contribution in [2.75, 3.05) is 31.1 Å². The summed E-state index contributed by atoms with van der Waals surface area (Å²) in [6, 6.07) is 4.40. The number of hydrogen-bond donors (Lipinski definition) is 1. The number of pyridine rings is 1. The van der Waals surface area contributed by atoms with E-state index in [1.807, 2.05) is 17.9 Å². The third kappa shape index (κ3) is 3.72. The summed E-state index contributed by atoms with van der Waals surface area (Å²) in [5.74, 6) is 0.671. The summed E-state index contributed by atoms with van der Waals surface area (Å²) in [5.41, 5.74) is 5.50. The SMILES string of the molecule is C=CC(=O)N1CC2(CCN(c3nc4c(c(-c5c(C)c(Cl)cc6cn[nH]c56)c3C#N)COC(C)(C)C4)C2)C1. The highest BCUT2D eigenvalue weighted by Gasteiger charge is 2.49. The van der Waals surface area contributed by atoms with Gasteiger partial charge >= 0.3 is 0 Å². The third-order valence-corrected chi connectivity index (χ3v) is 8.53. The summed E-state index contributed by atoms with van der Waals surface area (Å²) in [4.78, 5) is 21.2. The van der Waals surface area contributed by atoms with E-state index in [2.05, 4.69) is 41.6 Å². The van der Waals surface area contributed by atoms with Crippen molar-refractivity contribution >= 4 is 34.2 Å². The Morgan fingerprint density at radius 1 is 1.32 bits per heavy atom. The van der Waals surface area contributed by atoms with Gasteiger partial charge in [-0.1, -0.05) is 18.2 Å². The maximum atomic E-state index is 12.1. The molecule has 1 amide bonds. The van der Waals surface area contributed by atoms with E-state index >= 15 is 0 Å². The molecule has 0 aliphatic carbocycles. The largest absolute Gasteiger partial charge is 0.370 e. The van der Waals surface area contributed by atoms with Crippen LogP contribution in [0.3, 0.4) is 0 Å². The average Bonchev–Trinajstić information content (AvgIpc) is 3.49. The second-order valence-corrected chi connectivity index (χ2v) is 11.6. The smallest absolute Gasteiger partial charge is 0.245 e. The van der Waals surface area contributed by atoms with Crippen molar-refractivity contribution in [1.29, 1.82) is 5.26 Å². The lowest BCUT2D eigenvalue weighted by atomic mass is 9.79. The first-order valence-electron chi connectivity index (χ1n) is 12.5. The first-order valence-corrected chi connectivity index (χ1v) is 12.9. The number of amides is 1. The predicted molar refractivity (Wildman–Crippen MR) is 142 cm³/mol. The molecule has 0 unspecified atom stereocenters. The number of aromatic nitrogens is 3. The minimum absolute atomic E-state index is 0.0220. The quantitative estimate of drug-likeness (QED) is 0.513. The number of likely N-dealkylation sites (tertiary alicyclic amines) is 1. The van der Waals surface area contributed by atoms with Crippen molar-refractivity contribution in [2.24, 2.45) is 5.41 Å². The number of carbonyl (C=O) groups is 1. The molecule has 8 nitrogen and oxygen atoms in total. The molecule has 3 aromatic rings. The number of carbonyl (C=O) groups excluding carboxylic acids is 1. The topological polar surface area (TPSA) is 98.1 Å². The third-order valence-electron chi connectivity index (χ3n) is 8.14. The van der Waals surface area contributed by atoms with Gasteiger partial charge in [-0.15, -0.1) is 0 Å². The minimum atomic E-state index is -0.360. The Morgan fingerprint density at radius 2 is 2.11 bits per heavy atom.